The van der Waals surface area contributed by atoms with Gasteiger partial charge in [-0.1, -0.05) is 6.58 Å². The summed E-state index contributed by atoms with van der Waals surface area (Å²) in [7, 11) is 0. The summed E-state index contributed by atoms with van der Waals surface area (Å²) < 4.78 is 5.10. The van der Waals surface area contributed by atoms with E-state index in [4.69, 9.17) is 4.74 Å². The average Bonchev–Trinajstić information content (AvgIpc) is 2.06. The molecule has 0 aromatic carbocycles. The molecule has 1 saturated heterocycles. The van der Waals surface area contributed by atoms with Crippen molar-refractivity contribution in [3.05, 3.63) is 12.7 Å². The number of carbonyl (C=O) groups is 1. The second-order valence-electron chi connectivity index (χ2n) is 2.28. The number of amides is 1. The minimum absolute atomic E-state index is 0.160. The van der Waals surface area contributed by atoms with E-state index < -0.39 is 0 Å². The number of hydrazine groups is 1. The molecule has 0 radical (unpaired) electrons. The Morgan fingerprint density at radius 3 is 2.73 bits per heavy atom. The molecule has 0 bridgehead atoms. The first-order valence-corrected chi connectivity index (χ1v) is 3.58. The first-order chi connectivity index (χ1) is 5.33. The molecular formula is C7H12N2O2. The van der Waals surface area contributed by atoms with Crippen LogP contribution in [-0.2, 0) is 9.53 Å². The van der Waals surface area contributed by atoms with Gasteiger partial charge >= 0.3 is 0 Å². The number of hydrogen-bond acceptors (Lipinski definition) is 3. The molecule has 1 heterocycles. The molecule has 0 atom stereocenters. The molecule has 11 heavy (non-hydrogen) atoms. The summed E-state index contributed by atoms with van der Waals surface area (Å²) in [6, 6.07) is 0. The molecule has 1 amide bonds. The standard InChI is InChI=1S/C7H12N2O2/c1-2-7(10)8-9-3-5-11-6-4-9/h2H,1,3-6H2,(H,8,10). The van der Waals surface area contributed by atoms with Crippen LogP contribution in [0, 0.1) is 0 Å². The molecule has 0 spiro atoms. The lowest BCUT2D eigenvalue weighted by Gasteiger charge is -2.26. The largest absolute Gasteiger partial charge is 0.379 e. The van der Waals surface area contributed by atoms with Crippen molar-refractivity contribution in [3.8, 4) is 0 Å². The van der Waals surface area contributed by atoms with Crippen molar-refractivity contribution in [2.45, 2.75) is 0 Å². The van der Waals surface area contributed by atoms with Crippen LogP contribution in [0.4, 0.5) is 0 Å². The third-order valence-corrected chi connectivity index (χ3v) is 1.46. The number of nitrogens with zero attached hydrogens (tertiary/aromatic N) is 1. The van der Waals surface area contributed by atoms with Crippen molar-refractivity contribution in [3.63, 3.8) is 0 Å². The zero-order valence-corrected chi connectivity index (χ0v) is 6.38. The fourth-order valence-corrected chi connectivity index (χ4v) is 0.877. The Labute approximate surface area is 65.8 Å². The van der Waals surface area contributed by atoms with Crippen LogP contribution in [0.15, 0.2) is 12.7 Å². The smallest absolute Gasteiger partial charge is 0.257 e. The van der Waals surface area contributed by atoms with Gasteiger partial charge in [-0.15, -0.1) is 0 Å². The quantitative estimate of drug-likeness (QED) is 0.550. The van der Waals surface area contributed by atoms with Crippen LogP contribution >= 0.6 is 0 Å². The maximum Gasteiger partial charge on any atom is 0.257 e. The Bertz CT molecular complexity index is 153. The Balaban J connectivity index is 2.24. The van der Waals surface area contributed by atoms with Crippen LogP contribution in [0.5, 0.6) is 0 Å². The Morgan fingerprint density at radius 1 is 1.55 bits per heavy atom. The summed E-state index contributed by atoms with van der Waals surface area (Å²) in [6.45, 7) is 6.21. The highest BCUT2D eigenvalue weighted by Gasteiger charge is 2.10. The zero-order valence-electron chi connectivity index (χ0n) is 6.38. The average molecular weight is 156 g/mol. The molecule has 0 aromatic heterocycles. The maximum atomic E-state index is 10.8. The fraction of sp³-hybridized carbons (Fsp3) is 0.571. The molecule has 1 aliphatic heterocycles. The van der Waals surface area contributed by atoms with Crippen molar-refractivity contribution in [1.82, 2.24) is 10.4 Å². The Hall–Kier alpha value is -0.870. The summed E-state index contributed by atoms with van der Waals surface area (Å²) in [5.41, 5.74) is 2.66. The van der Waals surface area contributed by atoms with E-state index in [2.05, 4.69) is 12.0 Å². The molecule has 0 saturated carbocycles. The fourth-order valence-electron chi connectivity index (χ4n) is 0.877. The van der Waals surface area contributed by atoms with E-state index in [9.17, 15) is 4.79 Å². The van der Waals surface area contributed by atoms with Gasteiger partial charge in [-0.2, -0.15) is 0 Å². The van der Waals surface area contributed by atoms with E-state index in [-0.39, 0.29) is 5.91 Å². The zero-order chi connectivity index (χ0) is 8.10. The topological polar surface area (TPSA) is 41.6 Å². The molecule has 4 heteroatoms. The van der Waals surface area contributed by atoms with E-state index in [1.807, 2.05) is 5.01 Å². The number of nitrogens with one attached hydrogen (secondary N) is 1. The van der Waals surface area contributed by atoms with Crippen molar-refractivity contribution in [2.24, 2.45) is 0 Å². The normalized spacial score (nSPS) is 19.3. The molecular weight excluding hydrogens is 144 g/mol. The van der Waals surface area contributed by atoms with E-state index in [0.29, 0.717) is 13.2 Å². The maximum absolute atomic E-state index is 10.8. The highest BCUT2D eigenvalue weighted by molar-refractivity contribution is 5.86. The third kappa shape index (κ3) is 2.69. The molecule has 1 rings (SSSR count). The molecule has 0 aliphatic carbocycles. The van der Waals surface area contributed by atoms with Gasteiger partial charge in [-0.25, -0.2) is 5.01 Å². The van der Waals surface area contributed by atoms with E-state index in [1.54, 1.807) is 0 Å². The molecule has 0 unspecified atom stereocenters. The van der Waals surface area contributed by atoms with E-state index >= 15 is 0 Å². The molecule has 1 aliphatic rings. The summed E-state index contributed by atoms with van der Waals surface area (Å²) in [5, 5.41) is 1.83. The second kappa shape index (κ2) is 4.10. The lowest BCUT2D eigenvalue weighted by molar-refractivity contribution is -0.123. The molecule has 62 valence electrons. The van der Waals surface area contributed by atoms with Gasteiger partial charge in [0, 0.05) is 13.1 Å². The summed E-state index contributed by atoms with van der Waals surface area (Å²) >= 11 is 0. The van der Waals surface area contributed by atoms with E-state index in [1.165, 1.54) is 6.08 Å². The SMILES string of the molecule is C=CC(=O)NN1CCOCC1. The van der Waals surface area contributed by atoms with Crippen LogP contribution in [-0.4, -0.2) is 37.2 Å². The van der Waals surface area contributed by atoms with Crippen molar-refractivity contribution >= 4 is 5.91 Å². The predicted octanol–water partition coefficient (Wildman–Crippen LogP) is -0.464. The molecule has 1 N–H and O–H groups in total. The lowest BCUT2D eigenvalue weighted by atomic mass is 10.5. The van der Waals surface area contributed by atoms with Crippen molar-refractivity contribution in [2.75, 3.05) is 26.3 Å². The van der Waals surface area contributed by atoms with Gasteiger partial charge in [0.15, 0.2) is 0 Å². The van der Waals surface area contributed by atoms with Crippen LogP contribution in [0.3, 0.4) is 0 Å². The summed E-state index contributed by atoms with van der Waals surface area (Å²) in [6.07, 6.45) is 1.26. The predicted molar refractivity (Wildman–Crippen MR) is 40.7 cm³/mol. The highest BCUT2D eigenvalue weighted by Crippen LogP contribution is 1.91. The molecule has 1 fully saturated rings. The monoisotopic (exact) mass is 156 g/mol. The first kappa shape index (κ1) is 8.23. The Morgan fingerprint density at radius 2 is 2.18 bits per heavy atom. The van der Waals surface area contributed by atoms with Gasteiger partial charge in [0.05, 0.1) is 13.2 Å². The minimum atomic E-state index is -0.160. The number of ether oxygens (including phenoxy) is 1. The van der Waals surface area contributed by atoms with Gasteiger partial charge in [-0.05, 0) is 6.08 Å². The van der Waals surface area contributed by atoms with E-state index in [0.717, 1.165) is 13.1 Å². The molecule has 0 aromatic rings. The number of morpholine rings is 1. The van der Waals surface area contributed by atoms with Crippen LogP contribution in [0.2, 0.25) is 0 Å². The lowest BCUT2D eigenvalue weighted by Crippen LogP contribution is -2.47. The van der Waals surface area contributed by atoms with Gasteiger partial charge in [-0.3, -0.25) is 10.2 Å². The third-order valence-electron chi connectivity index (χ3n) is 1.46. The van der Waals surface area contributed by atoms with Gasteiger partial charge in [0.25, 0.3) is 5.91 Å². The highest BCUT2D eigenvalue weighted by atomic mass is 16.5. The Kier molecular flexibility index (Phi) is 3.07. The number of rotatable bonds is 2. The van der Waals surface area contributed by atoms with Crippen LogP contribution < -0.4 is 5.43 Å². The van der Waals surface area contributed by atoms with Crippen LogP contribution in [0.25, 0.3) is 0 Å². The van der Waals surface area contributed by atoms with Gasteiger partial charge < -0.3 is 4.74 Å². The second-order valence-corrected chi connectivity index (χ2v) is 2.28. The van der Waals surface area contributed by atoms with Crippen LogP contribution in [0.1, 0.15) is 0 Å². The van der Waals surface area contributed by atoms with Gasteiger partial charge in [0.2, 0.25) is 0 Å². The van der Waals surface area contributed by atoms with Gasteiger partial charge in [0.1, 0.15) is 0 Å². The van der Waals surface area contributed by atoms with Crippen molar-refractivity contribution < 1.29 is 9.53 Å². The minimum Gasteiger partial charge on any atom is -0.379 e. The number of hydrogen-bond donors (Lipinski definition) is 1. The number of carbonyl (C=O) groups excluding carboxylic acids is 1. The summed E-state index contributed by atoms with van der Waals surface area (Å²) in [5.74, 6) is -0.160. The molecule has 4 nitrogen and oxygen atoms in total. The summed E-state index contributed by atoms with van der Waals surface area (Å²) in [4.78, 5) is 10.8. The van der Waals surface area contributed by atoms with Crippen molar-refractivity contribution in [1.29, 1.82) is 0 Å². The first-order valence-electron chi connectivity index (χ1n) is 3.58.